The van der Waals surface area contributed by atoms with Crippen LogP contribution < -0.4 is 0 Å². The van der Waals surface area contributed by atoms with Crippen molar-refractivity contribution in [1.29, 1.82) is 0 Å². The van der Waals surface area contributed by atoms with Gasteiger partial charge in [0, 0.05) is 35.9 Å². The Bertz CT molecular complexity index is 914. The van der Waals surface area contributed by atoms with Gasteiger partial charge in [-0.25, -0.2) is 14.3 Å². The lowest BCUT2D eigenvalue weighted by molar-refractivity contribution is 0.444. The normalized spacial score (nSPS) is 14.3. The van der Waals surface area contributed by atoms with Gasteiger partial charge in [0.25, 0.3) is 0 Å². The highest BCUT2D eigenvalue weighted by Gasteiger charge is 2.19. The molecule has 132 valence electrons. The Morgan fingerprint density at radius 3 is 2.35 bits per heavy atom. The van der Waals surface area contributed by atoms with Crippen LogP contribution in [0.25, 0.3) is 11.1 Å². The first-order chi connectivity index (χ1) is 12.6. The monoisotopic (exact) mass is 361 g/mol. The fraction of sp³-hybridized carbons (Fsp3) is 0.273. The molecule has 2 aromatic carbocycles. The highest BCUT2D eigenvalue weighted by Crippen LogP contribution is 2.34. The van der Waals surface area contributed by atoms with Gasteiger partial charge in [-0.05, 0) is 67.0 Å². The molecule has 0 saturated heterocycles. The summed E-state index contributed by atoms with van der Waals surface area (Å²) < 4.78 is 2.48. The molecule has 0 spiro atoms. The van der Waals surface area contributed by atoms with E-state index in [4.69, 9.17) is 0 Å². The second-order valence-corrected chi connectivity index (χ2v) is 8.15. The van der Waals surface area contributed by atoms with Crippen molar-refractivity contribution in [3.05, 3.63) is 76.9 Å². The molecule has 4 heteroatoms. The van der Waals surface area contributed by atoms with Gasteiger partial charge < -0.3 is 0 Å². The fourth-order valence-corrected chi connectivity index (χ4v) is 4.72. The molecule has 0 radical (unpaired) electrons. The minimum absolute atomic E-state index is 0.984. The van der Waals surface area contributed by atoms with Crippen LogP contribution in [-0.2, 0) is 13.0 Å². The van der Waals surface area contributed by atoms with Gasteiger partial charge in [0.1, 0.15) is 6.33 Å². The summed E-state index contributed by atoms with van der Waals surface area (Å²) in [6.07, 6.45) is 6.41. The van der Waals surface area contributed by atoms with Crippen LogP contribution in [0.1, 0.15) is 27.8 Å². The molecule has 0 amide bonds. The van der Waals surface area contributed by atoms with Crippen molar-refractivity contribution < 1.29 is 0 Å². The number of aromatic nitrogens is 2. The smallest absolute Gasteiger partial charge is 0.115 e. The molecular formula is C22H23N3S. The lowest BCUT2D eigenvalue weighted by Crippen LogP contribution is -2.24. The van der Waals surface area contributed by atoms with E-state index in [1.165, 1.54) is 38.3 Å². The average Bonchev–Trinajstić information content (AvgIpc) is 2.65. The summed E-state index contributed by atoms with van der Waals surface area (Å²) in [4.78, 5) is 9.66. The lowest BCUT2D eigenvalue weighted by atomic mass is 9.96. The van der Waals surface area contributed by atoms with Crippen LogP contribution >= 0.6 is 11.9 Å². The molecule has 1 aliphatic rings. The van der Waals surface area contributed by atoms with Crippen molar-refractivity contribution in [2.24, 2.45) is 0 Å². The largest absolute Gasteiger partial charge is 0.244 e. The molecule has 2 heterocycles. The molecule has 26 heavy (non-hydrogen) atoms. The van der Waals surface area contributed by atoms with Gasteiger partial charge in [-0.1, -0.05) is 35.9 Å². The topological polar surface area (TPSA) is 29.0 Å². The van der Waals surface area contributed by atoms with Crippen LogP contribution in [0.5, 0.6) is 0 Å². The maximum absolute atomic E-state index is 4.13. The Labute approximate surface area is 159 Å². The minimum Gasteiger partial charge on any atom is -0.244 e. The summed E-state index contributed by atoms with van der Waals surface area (Å²) in [5.41, 5.74) is 9.24. The van der Waals surface area contributed by atoms with Crippen molar-refractivity contribution in [3.63, 3.8) is 0 Å². The molecular weight excluding hydrogens is 338 g/mol. The first-order valence-electron chi connectivity index (χ1n) is 8.98. The number of fused-ring (bicyclic) bond motifs is 1. The number of aryl methyl sites for hydroxylation is 3. The number of benzene rings is 2. The maximum Gasteiger partial charge on any atom is 0.115 e. The van der Waals surface area contributed by atoms with Gasteiger partial charge in [-0.2, -0.15) is 0 Å². The minimum atomic E-state index is 0.984. The Morgan fingerprint density at radius 2 is 1.62 bits per heavy atom. The summed E-state index contributed by atoms with van der Waals surface area (Å²) in [5, 5.41) is 0. The molecule has 3 aromatic rings. The average molecular weight is 362 g/mol. The van der Waals surface area contributed by atoms with Crippen LogP contribution in [0.2, 0.25) is 0 Å². The van der Waals surface area contributed by atoms with Crippen LogP contribution in [0.15, 0.2) is 53.9 Å². The standard InChI is InChI=1S/C22H23N3S/c1-15-8-16(2)22(17(3)9-15)26-25-7-6-19-10-18(4-5-20(19)13-25)21-11-23-14-24-12-21/h4-5,8-12,14H,6-7,13H2,1-3H3. The molecule has 0 saturated carbocycles. The third-order valence-corrected chi connectivity index (χ3v) is 6.30. The molecule has 1 aliphatic heterocycles. The second-order valence-electron chi connectivity index (χ2n) is 7.04. The van der Waals surface area contributed by atoms with Gasteiger partial charge in [0.15, 0.2) is 0 Å². The Balaban J connectivity index is 1.54. The zero-order valence-electron chi connectivity index (χ0n) is 15.5. The van der Waals surface area contributed by atoms with Gasteiger partial charge >= 0.3 is 0 Å². The Morgan fingerprint density at radius 1 is 0.885 bits per heavy atom. The second kappa shape index (κ2) is 7.22. The molecule has 3 nitrogen and oxygen atoms in total. The molecule has 0 aliphatic carbocycles. The predicted molar refractivity (Wildman–Crippen MR) is 108 cm³/mol. The molecule has 0 N–H and O–H groups in total. The molecule has 4 rings (SSSR count). The zero-order valence-corrected chi connectivity index (χ0v) is 16.3. The van der Waals surface area contributed by atoms with E-state index in [1.54, 1.807) is 6.33 Å². The van der Waals surface area contributed by atoms with E-state index >= 15 is 0 Å². The van der Waals surface area contributed by atoms with Crippen molar-refractivity contribution in [1.82, 2.24) is 14.3 Å². The lowest BCUT2D eigenvalue weighted by Gasteiger charge is -2.29. The van der Waals surface area contributed by atoms with Gasteiger partial charge in [-0.15, -0.1) is 0 Å². The quantitative estimate of drug-likeness (QED) is 0.605. The fourth-order valence-electron chi connectivity index (χ4n) is 3.67. The first kappa shape index (κ1) is 17.3. The summed E-state index contributed by atoms with van der Waals surface area (Å²) in [5.74, 6) is 0. The maximum atomic E-state index is 4.13. The molecule has 0 fully saturated rings. The predicted octanol–water partition coefficient (Wildman–Crippen LogP) is 5.13. The summed E-state index contributed by atoms with van der Waals surface area (Å²) in [6, 6.07) is 11.3. The third-order valence-electron chi connectivity index (χ3n) is 4.90. The highest BCUT2D eigenvalue weighted by atomic mass is 32.2. The molecule has 0 bridgehead atoms. The van der Waals surface area contributed by atoms with E-state index < -0.39 is 0 Å². The van der Waals surface area contributed by atoms with Gasteiger partial charge in [-0.3, -0.25) is 0 Å². The van der Waals surface area contributed by atoms with Gasteiger partial charge in [0.05, 0.1) is 0 Å². The van der Waals surface area contributed by atoms with E-state index in [2.05, 4.69) is 65.4 Å². The Hall–Kier alpha value is -2.17. The van der Waals surface area contributed by atoms with Crippen LogP contribution in [0, 0.1) is 20.8 Å². The van der Waals surface area contributed by atoms with Crippen molar-refractivity contribution >= 4 is 11.9 Å². The zero-order chi connectivity index (χ0) is 18.1. The highest BCUT2D eigenvalue weighted by molar-refractivity contribution is 7.97. The first-order valence-corrected chi connectivity index (χ1v) is 9.75. The summed E-state index contributed by atoms with van der Waals surface area (Å²) in [6.45, 7) is 8.65. The van der Waals surface area contributed by atoms with Crippen molar-refractivity contribution in [3.8, 4) is 11.1 Å². The van der Waals surface area contributed by atoms with Crippen LogP contribution in [0.4, 0.5) is 0 Å². The van der Waals surface area contributed by atoms with E-state index in [1.807, 2.05) is 24.3 Å². The number of rotatable bonds is 3. The van der Waals surface area contributed by atoms with Crippen LogP contribution in [0.3, 0.4) is 0 Å². The molecule has 0 unspecified atom stereocenters. The van der Waals surface area contributed by atoms with Crippen molar-refractivity contribution in [2.75, 3.05) is 6.54 Å². The molecule has 0 atom stereocenters. The Kier molecular flexibility index (Phi) is 4.79. The SMILES string of the molecule is Cc1cc(C)c(SN2CCc3cc(-c4cncnc4)ccc3C2)c(C)c1. The van der Waals surface area contributed by atoms with Crippen molar-refractivity contribution in [2.45, 2.75) is 38.6 Å². The van der Waals surface area contributed by atoms with E-state index in [0.717, 1.165) is 25.1 Å². The number of hydrogen-bond acceptors (Lipinski definition) is 4. The third kappa shape index (κ3) is 3.53. The summed E-state index contributed by atoms with van der Waals surface area (Å²) >= 11 is 1.90. The summed E-state index contributed by atoms with van der Waals surface area (Å²) in [7, 11) is 0. The number of nitrogens with zero attached hydrogens (tertiary/aromatic N) is 3. The number of hydrogen-bond donors (Lipinski definition) is 0. The van der Waals surface area contributed by atoms with E-state index in [0.29, 0.717) is 0 Å². The molecule has 1 aromatic heterocycles. The van der Waals surface area contributed by atoms with Crippen LogP contribution in [-0.4, -0.2) is 20.8 Å². The van der Waals surface area contributed by atoms with Gasteiger partial charge in [0.2, 0.25) is 0 Å². The van der Waals surface area contributed by atoms with E-state index in [-0.39, 0.29) is 0 Å². The van der Waals surface area contributed by atoms with E-state index in [9.17, 15) is 0 Å².